The van der Waals surface area contributed by atoms with E-state index in [0.717, 1.165) is 5.92 Å². The van der Waals surface area contributed by atoms with Crippen molar-refractivity contribution in [2.24, 2.45) is 11.3 Å². The predicted molar refractivity (Wildman–Crippen MR) is 197 cm³/mol. The molecule has 0 aromatic heterocycles. The average Bonchev–Trinajstić information content (AvgIpc) is 2.85. The molecule has 5 heteroatoms. The third-order valence-electron chi connectivity index (χ3n) is 4.99. The normalized spacial score (nSPS) is 9.29. The minimum absolute atomic E-state index is 0.167. The zero-order chi connectivity index (χ0) is 34.7. The van der Waals surface area contributed by atoms with Crippen molar-refractivity contribution in [3.63, 3.8) is 0 Å². The van der Waals surface area contributed by atoms with Gasteiger partial charge in [-0.25, -0.2) is 0 Å². The summed E-state index contributed by atoms with van der Waals surface area (Å²) in [5.41, 5.74) is 0.522. The second-order valence-corrected chi connectivity index (χ2v) is 13.1. The third-order valence-corrected chi connectivity index (χ3v) is 4.99. The van der Waals surface area contributed by atoms with Gasteiger partial charge >= 0.3 is 5.97 Å². The molecule has 3 nitrogen and oxygen atoms in total. The van der Waals surface area contributed by atoms with Crippen LogP contribution in [0.1, 0.15) is 207 Å². The molecule has 0 fully saturated rings. The molecule has 0 N–H and O–H groups in total. The van der Waals surface area contributed by atoms with Crippen LogP contribution in [-0.4, -0.2) is 23.7 Å². The van der Waals surface area contributed by atoms with E-state index >= 15 is 0 Å². The Morgan fingerprint density at radius 3 is 0.833 bits per heavy atom. The Morgan fingerprint density at radius 2 is 0.786 bits per heavy atom. The summed E-state index contributed by atoms with van der Waals surface area (Å²) < 4.78 is 4.40. The van der Waals surface area contributed by atoms with Crippen LogP contribution >= 0.6 is 23.2 Å². The lowest BCUT2D eigenvalue weighted by molar-refractivity contribution is -0.140. The van der Waals surface area contributed by atoms with Crippen molar-refractivity contribution >= 4 is 35.0 Å². The van der Waals surface area contributed by atoms with Crippen LogP contribution in [0, 0.1) is 11.3 Å². The fourth-order valence-corrected chi connectivity index (χ4v) is 3.46. The topological polar surface area (TPSA) is 43.4 Å². The van der Waals surface area contributed by atoms with E-state index in [4.69, 9.17) is 23.2 Å². The van der Waals surface area contributed by atoms with Crippen molar-refractivity contribution in [1.29, 1.82) is 0 Å². The molecule has 0 heterocycles. The van der Waals surface area contributed by atoms with Gasteiger partial charge < -0.3 is 9.53 Å². The highest BCUT2D eigenvalue weighted by Crippen LogP contribution is 2.23. The Kier molecular flexibility index (Phi) is 77.2. The van der Waals surface area contributed by atoms with Crippen LogP contribution in [-0.2, 0) is 14.3 Å². The SMILES string of the molecule is CC(C)=O.CC(C)CC(C)(C)C.CCCCCCC.CCCCCCC.CCCCCCC.CCOC(C)=O.ClCCl. The van der Waals surface area contributed by atoms with Gasteiger partial charge in [-0.05, 0) is 38.5 Å². The van der Waals surface area contributed by atoms with E-state index in [1.807, 2.05) is 0 Å². The number of rotatable bonds is 14. The summed E-state index contributed by atoms with van der Waals surface area (Å²) in [6.07, 6.45) is 22.4. The van der Waals surface area contributed by atoms with Gasteiger partial charge in [-0.15, -0.1) is 23.2 Å². The Hall–Kier alpha value is -0.280. The first-order chi connectivity index (χ1) is 19.6. The number of esters is 1. The van der Waals surface area contributed by atoms with E-state index in [0.29, 0.717) is 12.0 Å². The van der Waals surface area contributed by atoms with E-state index in [1.54, 1.807) is 6.92 Å². The summed E-state index contributed by atoms with van der Waals surface area (Å²) in [7, 11) is 0. The second kappa shape index (κ2) is 56.5. The highest BCUT2D eigenvalue weighted by atomic mass is 35.5. The number of ether oxygens (including phenoxy) is 1. The summed E-state index contributed by atoms with van der Waals surface area (Å²) in [4.78, 5) is 19.3. The summed E-state index contributed by atoms with van der Waals surface area (Å²) in [5, 5.41) is 0.194. The summed E-state index contributed by atoms with van der Waals surface area (Å²) in [5.74, 6) is 0.799. The lowest BCUT2D eigenvalue weighted by Crippen LogP contribution is -2.08. The molecule has 42 heavy (non-hydrogen) atoms. The van der Waals surface area contributed by atoms with Gasteiger partial charge in [0.15, 0.2) is 0 Å². The molecule has 0 radical (unpaired) electrons. The van der Waals surface area contributed by atoms with Crippen LogP contribution < -0.4 is 0 Å². The molecule has 0 rings (SSSR count). The summed E-state index contributed by atoms with van der Waals surface area (Å²) in [6, 6.07) is 0. The maximum Gasteiger partial charge on any atom is 0.302 e. The van der Waals surface area contributed by atoms with Gasteiger partial charge in [-0.2, -0.15) is 0 Å². The van der Waals surface area contributed by atoms with Gasteiger partial charge in [0.2, 0.25) is 0 Å². The molecule has 262 valence electrons. The minimum atomic E-state index is -0.211. The van der Waals surface area contributed by atoms with Crippen molar-refractivity contribution in [1.82, 2.24) is 0 Å². The maximum absolute atomic E-state index is 9.82. The fraction of sp³-hybridized carbons (Fsp3) is 0.946. The molecular weight excluding hydrogens is 563 g/mol. The molecule has 0 saturated heterocycles. The van der Waals surface area contributed by atoms with Gasteiger partial charge in [-0.1, -0.05) is 172 Å². The van der Waals surface area contributed by atoms with Gasteiger partial charge in [0.05, 0.1) is 11.9 Å². The lowest BCUT2D eigenvalue weighted by Gasteiger charge is -2.19. The number of unbranched alkanes of at least 4 members (excludes halogenated alkanes) is 12. The minimum Gasteiger partial charge on any atom is -0.466 e. The number of halogens is 2. The Bertz CT molecular complexity index is 393. The fourth-order valence-electron chi connectivity index (χ4n) is 3.46. The number of hydrogen-bond acceptors (Lipinski definition) is 3. The van der Waals surface area contributed by atoms with Crippen molar-refractivity contribution in [2.75, 3.05) is 11.9 Å². The van der Waals surface area contributed by atoms with Crippen molar-refractivity contribution < 1.29 is 14.3 Å². The van der Waals surface area contributed by atoms with Crippen LogP contribution in [0.25, 0.3) is 0 Å². The third kappa shape index (κ3) is 153. The molecule has 0 aliphatic carbocycles. The zero-order valence-corrected chi connectivity index (χ0v) is 33.3. The molecule has 0 saturated carbocycles. The number of ketones is 1. The van der Waals surface area contributed by atoms with E-state index in [9.17, 15) is 9.59 Å². The molecule has 0 atom stereocenters. The number of Topliss-reactive ketones (excluding diaryl/α,β-unsaturated/α-hetero) is 1. The van der Waals surface area contributed by atoms with Crippen molar-refractivity contribution in [2.45, 2.75) is 207 Å². The summed E-state index contributed by atoms with van der Waals surface area (Å²) >= 11 is 9.53. The van der Waals surface area contributed by atoms with Crippen LogP contribution in [0.15, 0.2) is 0 Å². The number of carbonyl (C=O) groups excluding carboxylic acids is 2. The first kappa shape index (κ1) is 57.4. The smallest absolute Gasteiger partial charge is 0.302 e. The Labute approximate surface area is 278 Å². The monoisotopic (exact) mass is 645 g/mol. The van der Waals surface area contributed by atoms with Crippen molar-refractivity contribution in [3.8, 4) is 0 Å². The molecule has 0 aromatic rings. The van der Waals surface area contributed by atoms with Crippen LogP contribution in [0.5, 0.6) is 0 Å². The van der Waals surface area contributed by atoms with E-state index in [2.05, 4.69) is 80.9 Å². The predicted octanol–water partition coefficient (Wildman–Crippen LogP) is 14.6. The van der Waals surface area contributed by atoms with Gasteiger partial charge in [-0.3, -0.25) is 4.79 Å². The standard InChI is InChI=1S/C8H18.3C7H16.C4H8O2.C3H6O.CH2Cl2/c1-7(2)6-8(3,4)5;3*1-3-5-7-6-4-2;1-3-6-4(2)5;1-3(2)4;2-1-3/h7H,6H2,1-5H3;3*3-7H2,1-2H3;3H2,1-2H3;1-2H3;1H2. The van der Waals surface area contributed by atoms with E-state index in [-0.39, 0.29) is 17.1 Å². The van der Waals surface area contributed by atoms with Crippen LogP contribution in [0.2, 0.25) is 0 Å². The molecular formula is C37H82Cl2O3. The largest absolute Gasteiger partial charge is 0.466 e. The van der Waals surface area contributed by atoms with Crippen molar-refractivity contribution in [3.05, 3.63) is 0 Å². The van der Waals surface area contributed by atoms with E-state index in [1.165, 1.54) is 124 Å². The average molecular weight is 646 g/mol. The highest BCUT2D eigenvalue weighted by Gasteiger charge is 2.11. The number of carbonyl (C=O) groups is 2. The molecule has 0 unspecified atom stereocenters. The van der Waals surface area contributed by atoms with E-state index < -0.39 is 0 Å². The molecule has 0 spiro atoms. The van der Waals surface area contributed by atoms with Gasteiger partial charge in [0, 0.05) is 6.92 Å². The number of alkyl halides is 2. The first-order valence-corrected chi connectivity index (χ1v) is 18.4. The molecule has 0 bridgehead atoms. The summed E-state index contributed by atoms with van der Waals surface area (Å²) in [6.45, 7) is 31.6. The molecule has 0 aromatic carbocycles. The second-order valence-electron chi connectivity index (χ2n) is 12.3. The van der Waals surface area contributed by atoms with Gasteiger partial charge in [0.25, 0.3) is 0 Å². The van der Waals surface area contributed by atoms with Crippen LogP contribution in [0.3, 0.4) is 0 Å². The molecule has 0 amide bonds. The maximum atomic E-state index is 9.82. The highest BCUT2D eigenvalue weighted by molar-refractivity contribution is 6.40. The zero-order valence-electron chi connectivity index (χ0n) is 31.8. The molecule has 0 aliphatic heterocycles. The molecule has 0 aliphatic rings. The first-order valence-electron chi connectivity index (χ1n) is 17.3. The number of hydrogen-bond donors (Lipinski definition) is 0. The van der Waals surface area contributed by atoms with Gasteiger partial charge in [0.1, 0.15) is 5.78 Å². The quantitative estimate of drug-likeness (QED) is 0.107. The Balaban J connectivity index is -0.0000000693. The van der Waals surface area contributed by atoms with Crippen LogP contribution in [0.4, 0.5) is 0 Å². The Morgan fingerprint density at radius 1 is 0.571 bits per heavy atom. The lowest BCUT2D eigenvalue weighted by atomic mass is 9.86.